The van der Waals surface area contributed by atoms with Gasteiger partial charge in [-0.25, -0.2) is 0 Å². The van der Waals surface area contributed by atoms with E-state index in [1.54, 1.807) is 11.8 Å². The van der Waals surface area contributed by atoms with Crippen LogP contribution in [0.2, 0.25) is 5.02 Å². The van der Waals surface area contributed by atoms with Crippen molar-refractivity contribution < 1.29 is 4.79 Å². The highest BCUT2D eigenvalue weighted by Gasteiger charge is 2.42. The van der Waals surface area contributed by atoms with Gasteiger partial charge in [-0.15, -0.1) is 0 Å². The SMILES string of the molecule is CSCC(C)N1C(=O)C(C(C)C)NC1c1ccc(Cl)cc1. The molecule has 2 rings (SSSR count). The van der Waals surface area contributed by atoms with Crippen LogP contribution in [0.25, 0.3) is 0 Å². The van der Waals surface area contributed by atoms with Crippen molar-refractivity contribution in [1.82, 2.24) is 10.2 Å². The third kappa shape index (κ3) is 3.55. The fourth-order valence-electron chi connectivity index (χ4n) is 2.78. The van der Waals surface area contributed by atoms with Crippen molar-refractivity contribution in [2.45, 2.75) is 39.0 Å². The monoisotopic (exact) mass is 326 g/mol. The number of amides is 1. The second-order valence-corrected chi connectivity index (χ2v) is 7.24. The summed E-state index contributed by atoms with van der Waals surface area (Å²) in [5, 5.41) is 4.20. The third-order valence-electron chi connectivity index (χ3n) is 3.87. The summed E-state index contributed by atoms with van der Waals surface area (Å²) in [6, 6.07) is 7.83. The molecule has 0 spiro atoms. The summed E-state index contributed by atoms with van der Waals surface area (Å²) in [5.74, 6) is 1.41. The second kappa shape index (κ2) is 7.03. The zero-order valence-electron chi connectivity index (χ0n) is 13.0. The van der Waals surface area contributed by atoms with Gasteiger partial charge in [0.15, 0.2) is 0 Å². The van der Waals surface area contributed by atoms with Crippen LogP contribution in [-0.2, 0) is 4.79 Å². The van der Waals surface area contributed by atoms with Crippen molar-refractivity contribution in [3.63, 3.8) is 0 Å². The molecule has 3 unspecified atom stereocenters. The molecule has 0 aliphatic carbocycles. The number of nitrogens with zero attached hydrogens (tertiary/aromatic N) is 1. The van der Waals surface area contributed by atoms with Crippen molar-refractivity contribution in [3.05, 3.63) is 34.9 Å². The van der Waals surface area contributed by atoms with E-state index in [4.69, 9.17) is 11.6 Å². The number of hydrogen-bond acceptors (Lipinski definition) is 3. The van der Waals surface area contributed by atoms with Crippen LogP contribution in [-0.4, -0.2) is 34.9 Å². The Morgan fingerprint density at radius 3 is 2.43 bits per heavy atom. The number of thioether (sulfide) groups is 1. The van der Waals surface area contributed by atoms with Crippen molar-refractivity contribution in [1.29, 1.82) is 0 Å². The van der Waals surface area contributed by atoms with Crippen LogP contribution in [0.1, 0.15) is 32.5 Å². The van der Waals surface area contributed by atoms with E-state index in [2.05, 4.69) is 32.3 Å². The number of hydrogen-bond donors (Lipinski definition) is 1. The number of carbonyl (C=O) groups excluding carboxylic acids is 1. The first-order valence-electron chi connectivity index (χ1n) is 7.28. The fraction of sp³-hybridized carbons (Fsp3) is 0.562. The Labute approximate surface area is 136 Å². The molecular weight excluding hydrogens is 304 g/mol. The molecule has 0 radical (unpaired) electrons. The molecule has 0 saturated carbocycles. The standard InChI is InChI=1S/C16H23ClN2OS/c1-10(2)14-16(20)19(11(3)9-21-4)15(18-14)12-5-7-13(17)8-6-12/h5-8,10-11,14-15,18H,9H2,1-4H3. The van der Waals surface area contributed by atoms with Crippen LogP contribution in [0.4, 0.5) is 0 Å². The van der Waals surface area contributed by atoms with Gasteiger partial charge in [-0.3, -0.25) is 10.1 Å². The lowest BCUT2D eigenvalue weighted by atomic mass is 10.0. The van der Waals surface area contributed by atoms with E-state index >= 15 is 0 Å². The molecule has 0 aromatic heterocycles. The highest BCUT2D eigenvalue weighted by atomic mass is 35.5. The van der Waals surface area contributed by atoms with E-state index in [1.807, 2.05) is 29.2 Å². The molecule has 1 aliphatic rings. The van der Waals surface area contributed by atoms with Gasteiger partial charge in [0.05, 0.1) is 6.04 Å². The molecular formula is C16H23ClN2OS. The van der Waals surface area contributed by atoms with Gasteiger partial charge in [-0.1, -0.05) is 37.6 Å². The van der Waals surface area contributed by atoms with Gasteiger partial charge in [0.1, 0.15) is 6.17 Å². The summed E-state index contributed by atoms with van der Waals surface area (Å²) < 4.78 is 0. The quantitative estimate of drug-likeness (QED) is 0.898. The van der Waals surface area contributed by atoms with E-state index in [9.17, 15) is 4.79 Å². The fourth-order valence-corrected chi connectivity index (χ4v) is 3.55. The molecule has 1 fully saturated rings. The van der Waals surface area contributed by atoms with Crippen LogP contribution in [0.15, 0.2) is 24.3 Å². The first kappa shape index (κ1) is 16.7. The van der Waals surface area contributed by atoms with Crippen molar-refractivity contribution in [2.24, 2.45) is 5.92 Å². The molecule has 1 aromatic carbocycles. The zero-order chi connectivity index (χ0) is 15.6. The van der Waals surface area contributed by atoms with E-state index in [0.29, 0.717) is 5.02 Å². The lowest BCUT2D eigenvalue weighted by molar-refractivity contribution is -0.132. The number of nitrogens with one attached hydrogen (secondary N) is 1. The van der Waals surface area contributed by atoms with Gasteiger partial charge in [0, 0.05) is 16.8 Å². The molecule has 21 heavy (non-hydrogen) atoms. The topological polar surface area (TPSA) is 32.3 Å². The van der Waals surface area contributed by atoms with Crippen molar-refractivity contribution in [2.75, 3.05) is 12.0 Å². The van der Waals surface area contributed by atoms with Crippen LogP contribution >= 0.6 is 23.4 Å². The summed E-state index contributed by atoms with van der Waals surface area (Å²) in [6.45, 7) is 6.27. The highest BCUT2D eigenvalue weighted by molar-refractivity contribution is 7.98. The molecule has 1 amide bonds. The summed E-state index contributed by atoms with van der Waals surface area (Å²) in [7, 11) is 0. The molecule has 5 heteroatoms. The van der Waals surface area contributed by atoms with Gasteiger partial charge < -0.3 is 4.90 Å². The second-order valence-electron chi connectivity index (χ2n) is 5.89. The molecule has 1 aliphatic heterocycles. The number of carbonyl (C=O) groups is 1. The molecule has 116 valence electrons. The van der Waals surface area contributed by atoms with E-state index in [1.165, 1.54) is 0 Å². The van der Waals surface area contributed by atoms with E-state index in [-0.39, 0.29) is 30.1 Å². The minimum absolute atomic E-state index is 0.0654. The zero-order valence-corrected chi connectivity index (χ0v) is 14.5. The number of halogens is 1. The largest absolute Gasteiger partial charge is 0.318 e. The van der Waals surface area contributed by atoms with Crippen LogP contribution in [0.3, 0.4) is 0 Å². The van der Waals surface area contributed by atoms with Crippen molar-refractivity contribution >= 4 is 29.3 Å². The maximum absolute atomic E-state index is 12.7. The molecule has 1 saturated heterocycles. The Morgan fingerprint density at radius 1 is 1.29 bits per heavy atom. The van der Waals surface area contributed by atoms with Gasteiger partial charge in [-0.05, 0) is 36.8 Å². The molecule has 1 aromatic rings. The average molecular weight is 327 g/mol. The molecule has 1 heterocycles. The molecule has 1 N–H and O–H groups in total. The van der Waals surface area contributed by atoms with Crippen LogP contribution < -0.4 is 5.32 Å². The lowest BCUT2D eigenvalue weighted by Gasteiger charge is -2.30. The van der Waals surface area contributed by atoms with E-state index < -0.39 is 0 Å². The lowest BCUT2D eigenvalue weighted by Crippen LogP contribution is -2.40. The third-order valence-corrected chi connectivity index (χ3v) is 4.94. The van der Waals surface area contributed by atoms with Gasteiger partial charge in [0.2, 0.25) is 5.91 Å². The maximum atomic E-state index is 12.7. The Kier molecular flexibility index (Phi) is 5.58. The highest BCUT2D eigenvalue weighted by Crippen LogP contribution is 2.31. The average Bonchev–Trinajstić information content (AvgIpc) is 2.77. The first-order valence-corrected chi connectivity index (χ1v) is 9.05. The minimum atomic E-state index is -0.116. The molecule has 3 nitrogen and oxygen atoms in total. The summed E-state index contributed by atoms with van der Waals surface area (Å²) >= 11 is 7.74. The van der Waals surface area contributed by atoms with E-state index in [0.717, 1.165) is 11.3 Å². The number of rotatable bonds is 5. The van der Waals surface area contributed by atoms with Crippen LogP contribution in [0.5, 0.6) is 0 Å². The molecule has 0 bridgehead atoms. The van der Waals surface area contributed by atoms with Crippen molar-refractivity contribution in [3.8, 4) is 0 Å². The Balaban J connectivity index is 2.31. The summed E-state index contributed by atoms with van der Waals surface area (Å²) in [5.41, 5.74) is 1.09. The molecule has 3 atom stereocenters. The normalized spacial score (nSPS) is 23.9. The first-order chi connectivity index (χ1) is 9.95. The summed E-state index contributed by atoms with van der Waals surface area (Å²) in [4.78, 5) is 14.7. The van der Waals surface area contributed by atoms with Crippen LogP contribution in [0, 0.1) is 5.92 Å². The van der Waals surface area contributed by atoms with Gasteiger partial charge in [-0.2, -0.15) is 11.8 Å². The Morgan fingerprint density at radius 2 is 1.90 bits per heavy atom. The van der Waals surface area contributed by atoms with Gasteiger partial charge in [0.25, 0.3) is 0 Å². The minimum Gasteiger partial charge on any atom is -0.318 e. The predicted octanol–water partition coefficient (Wildman–Crippen LogP) is 3.55. The van der Waals surface area contributed by atoms with Gasteiger partial charge >= 0.3 is 0 Å². The predicted molar refractivity (Wildman–Crippen MR) is 90.6 cm³/mol. The smallest absolute Gasteiger partial charge is 0.241 e. The maximum Gasteiger partial charge on any atom is 0.241 e. The summed E-state index contributed by atoms with van der Waals surface area (Å²) in [6.07, 6.45) is 2.01. The number of benzene rings is 1. The Bertz CT molecular complexity index is 492. The Hall–Kier alpha value is -0.710.